The molecule has 2 amide bonds. The van der Waals surface area contributed by atoms with Gasteiger partial charge in [0.05, 0.1) is 16.0 Å². The third kappa shape index (κ3) is 4.12. The summed E-state index contributed by atoms with van der Waals surface area (Å²) in [6.45, 7) is 1.61. The van der Waals surface area contributed by atoms with Crippen molar-refractivity contribution in [2.75, 3.05) is 10.6 Å². The summed E-state index contributed by atoms with van der Waals surface area (Å²) in [4.78, 5) is 40.5. The maximum absolute atomic E-state index is 12.6. The molecule has 0 radical (unpaired) electrons. The zero-order valence-corrected chi connectivity index (χ0v) is 15.9. The molecule has 3 N–H and O–H groups in total. The highest BCUT2D eigenvalue weighted by atomic mass is 32.1. The van der Waals surface area contributed by atoms with Crippen LogP contribution in [0.3, 0.4) is 0 Å². The molecule has 0 atom stereocenters. The van der Waals surface area contributed by atoms with Crippen molar-refractivity contribution >= 4 is 39.8 Å². The summed E-state index contributed by atoms with van der Waals surface area (Å²) < 4.78 is 0. The van der Waals surface area contributed by atoms with Crippen molar-refractivity contribution in [3.05, 3.63) is 75.9 Å². The largest absolute Gasteiger partial charge is 0.478 e. The van der Waals surface area contributed by atoms with Crippen molar-refractivity contribution in [1.29, 1.82) is 5.26 Å². The summed E-state index contributed by atoms with van der Waals surface area (Å²) in [6.07, 6.45) is 1.30. The maximum Gasteiger partial charge on any atom is 0.338 e. The average Bonchev–Trinajstić information content (AvgIpc) is 3.03. The van der Waals surface area contributed by atoms with Crippen molar-refractivity contribution in [3.63, 3.8) is 0 Å². The van der Waals surface area contributed by atoms with Gasteiger partial charge in [-0.2, -0.15) is 5.26 Å². The Hall–Kier alpha value is -4.03. The number of amides is 2. The van der Waals surface area contributed by atoms with Crippen LogP contribution in [0.25, 0.3) is 0 Å². The number of benzene rings is 1. The standard InChI is InChI=1S/C20H14N4O4S/c1-11-14(10-21)19(24-17(25)15-13(20(27)28)8-5-9-22-15)29-16(11)18(26)23-12-6-3-2-4-7-12/h2-9H,1H3,(H,23,26)(H,24,25)(H,27,28). The molecule has 3 aromatic rings. The van der Waals surface area contributed by atoms with E-state index in [9.17, 15) is 24.8 Å². The lowest BCUT2D eigenvalue weighted by Crippen LogP contribution is -2.18. The van der Waals surface area contributed by atoms with E-state index in [0.717, 1.165) is 11.3 Å². The zero-order chi connectivity index (χ0) is 21.0. The molecule has 0 fully saturated rings. The van der Waals surface area contributed by atoms with Gasteiger partial charge in [-0.25, -0.2) is 4.79 Å². The Balaban J connectivity index is 1.90. The second-order valence-corrected chi connectivity index (χ2v) is 6.87. The monoisotopic (exact) mass is 406 g/mol. The van der Waals surface area contributed by atoms with Crippen LogP contribution in [0.2, 0.25) is 0 Å². The number of aromatic nitrogens is 1. The van der Waals surface area contributed by atoms with E-state index in [1.165, 1.54) is 18.3 Å². The summed E-state index contributed by atoms with van der Waals surface area (Å²) in [5, 5.41) is 24.1. The SMILES string of the molecule is Cc1c(C(=O)Nc2ccccc2)sc(NC(=O)c2ncccc2C(=O)O)c1C#N. The fourth-order valence-corrected chi connectivity index (χ4v) is 3.63. The normalized spacial score (nSPS) is 10.1. The smallest absolute Gasteiger partial charge is 0.338 e. The van der Waals surface area contributed by atoms with E-state index in [0.29, 0.717) is 11.3 Å². The number of carbonyl (C=O) groups excluding carboxylic acids is 2. The highest BCUT2D eigenvalue weighted by Crippen LogP contribution is 2.33. The zero-order valence-electron chi connectivity index (χ0n) is 15.1. The molecule has 0 aliphatic rings. The number of nitrogens with zero attached hydrogens (tertiary/aromatic N) is 2. The molecule has 9 heteroatoms. The maximum atomic E-state index is 12.6. The molecule has 2 aromatic heterocycles. The van der Waals surface area contributed by atoms with Gasteiger partial charge in [0.25, 0.3) is 11.8 Å². The molecule has 29 heavy (non-hydrogen) atoms. The summed E-state index contributed by atoms with van der Waals surface area (Å²) in [7, 11) is 0. The van der Waals surface area contributed by atoms with Gasteiger partial charge in [-0.1, -0.05) is 18.2 Å². The quantitative estimate of drug-likeness (QED) is 0.594. The Morgan fingerprint density at radius 2 is 1.79 bits per heavy atom. The van der Waals surface area contributed by atoms with Crippen LogP contribution in [0.1, 0.15) is 41.6 Å². The Labute approximate surface area is 169 Å². The second-order valence-electron chi connectivity index (χ2n) is 5.85. The van der Waals surface area contributed by atoms with Crippen LogP contribution in [0, 0.1) is 18.3 Å². The van der Waals surface area contributed by atoms with E-state index in [4.69, 9.17) is 0 Å². The Morgan fingerprint density at radius 1 is 1.07 bits per heavy atom. The number of carboxylic acids is 1. The molecular weight excluding hydrogens is 392 g/mol. The van der Waals surface area contributed by atoms with E-state index in [2.05, 4.69) is 15.6 Å². The van der Waals surface area contributed by atoms with Crippen molar-refractivity contribution in [2.24, 2.45) is 0 Å². The number of pyridine rings is 1. The lowest BCUT2D eigenvalue weighted by molar-refractivity contribution is 0.0691. The van der Waals surface area contributed by atoms with Gasteiger partial charge < -0.3 is 15.7 Å². The lowest BCUT2D eigenvalue weighted by Gasteiger charge is -2.05. The third-order valence-electron chi connectivity index (χ3n) is 3.98. The molecule has 2 heterocycles. The van der Waals surface area contributed by atoms with E-state index in [-0.39, 0.29) is 26.7 Å². The first-order valence-corrected chi connectivity index (χ1v) is 9.13. The number of aromatic carboxylic acids is 1. The molecule has 0 saturated heterocycles. The molecule has 0 saturated carbocycles. The number of nitrogens with one attached hydrogen (secondary N) is 2. The van der Waals surface area contributed by atoms with Gasteiger partial charge in [0.1, 0.15) is 16.8 Å². The van der Waals surface area contributed by atoms with Crippen LogP contribution < -0.4 is 10.6 Å². The summed E-state index contributed by atoms with van der Waals surface area (Å²) in [5.74, 6) is -2.50. The molecule has 0 bridgehead atoms. The minimum absolute atomic E-state index is 0.134. The first-order chi connectivity index (χ1) is 13.9. The van der Waals surface area contributed by atoms with Crippen LogP contribution in [-0.4, -0.2) is 27.9 Å². The highest BCUT2D eigenvalue weighted by Gasteiger charge is 2.24. The van der Waals surface area contributed by atoms with Crippen molar-refractivity contribution in [3.8, 4) is 6.07 Å². The summed E-state index contributed by atoms with van der Waals surface area (Å²) >= 11 is 0.934. The molecule has 144 valence electrons. The van der Waals surface area contributed by atoms with Crippen molar-refractivity contribution < 1.29 is 19.5 Å². The molecular formula is C20H14N4O4S. The number of hydrogen-bond acceptors (Lipinski definition) is 6. The van der Waals surface area contributed by atoms with Crippen molar-refractivity contribution in [1.82, 2.24) is 4.98 Å². The molecule has 3 rings (SSSR count). The van der Waals surface area contributed by atoms with E-state index in [1.807, 2.05) is 12.1 Å². The number of rotatable bonds is 5. The molecule has 0 aliphatic carbocycles. The molecule has 8 nitrogen and oxygen atoms in total. The van der Waals surface area contributed by atoms with Gasteiger partial charge in [-0.15, -0.1) is 11.3 Å². The van der Waals surface area contributed by atoms with Crippen LogP contribution in [0.4, 0.5) is 10.7 Å². The average molecular weight is 406 g/mol. The number of carbonyl (C=O) groups is 3. The number of hydrogen-bond donors (Lipinski definition) is 3. The molecule has 1 aromatic carbocycles. The number of anilines is 2. The van der Waals surface area contributed by atoms with Crippen LogP contribution in [0.5, 0.6) is 0 Å². The number of thiophene rings is 1. The Bertz CT molecular complexity index is 1150. The highest BCUT2D eigenvalue weighted by molar-refractivity contribution is 7.18. The Morgan fingerprint density at radius 3 is 2.45 bits per heavy atom. The van der Waals surface area contributed by atoms with Crippen LogP contribution >= 0.6 is 11.3 Å². The second kappa shape index (κ2) is 8.33. The summed E-state index contributed by atoms with van der Waals surface area (Å²) in [6, 6.07) is 13.5. The third-order valence-corrected chi connectivity index (χ3v) is 5.18. The Kier molecular flexibility index (Phi) is 5.66. The van der Waals surface area contributed by atoms with Gasteiger partial charge >= 0.3 is 5.97 Å². The number of nitriles is 1. The lowest BCUT2D eigenvalue weighted by atomic mass is 10.1. The first-order valence-electron chi connectivity index (χ1n) is 8.32. The molecule has 0 spiro atoms. The number of para-hydroxylation sites is 1. The first kappa shape index (κ1) is 19.7. The summed E-state index contributed by atoms with van der Waals surface area (Å²) in [5.41, 5.74) is 0.591. The van der Waals surface area contributed by atoms with E-state index in [1.54, 1.807) is 31.2 Å². The minimum atomic E-state index is -1.30. The van der Waals surface area contributed by atoms with E-state index >= 15 is 0 Å². The predicted molar refractivity (Wildman–Crippen MR) is 107 cm³/mol. The topological polar surface area (TPSA) is 132 Å². The van der Waals surface area contributed by atoms with Gasteiger partial charge in [-0.05, 0) is 36.8 Å². The fraction of sp³-hybridized carbons (Fsp3) is 0.0500. The number of carboxylic acid groups (broad SMARTS) is 1. The van der Waals surface area contributed by atoms with Crippen LogP contribution in [-0.2, 0) is 0 Å². The van der Waals surface area contributed by atoms with Gasteiger partial charge in [0.2, 0.25) is 0 Å². The predicted octanol–water partition coefficient (Wildman–Crippen LogP) is 3.53. The van der Waals surface area contributed by atoms with Gasteiger partial charge in [0.15, 0.2) is 0 Å². The van der Waals surface area contributed by atoms with Crippen molar-refractivity contribution in [2.45, 2.75) is 6.92 Å². The molecule has 0 aliphatic heterocycles. The van der Waals surface area contributed by atoms with Gasteiger partial charge in [-0.3, -0.25) is 14.6 Å². The fourth-order valence-electron chi connectivity index (χ4n) is 2.58. The molecule has 0 unspecified atom stereocenters. The van der Waals surface area contributed by atoms with Crippen LogP contribution in [0.15, 0.2) is 48.7 Å². The van der Waals surface area contributed by atoms with E-state index < -0.39 is 17.8 Å². The van der Waals surface area contributed by atoms with Gasteiger partial charge in [0, 0.05) is 11.9 Å². The minimum Gasteiger partial charge on any atom is -0.478 e.